The molecule has 168 valence electrons. The van der Waals surface area contributed by atoms with Crippen LogP contribution in [0.5, 0.6) is 0 Å². The van der Waals surface area contributed by atoms with Gasteiger partial charge in [0.15, 0.2) is 0 Å². The molecule has 0 unspecified atom stereocenters. The van der Waals surface area contributed by atoms with Gasteiger partial charge in [-0.2, -0.15) is 26.3 Å². The van der Waals surface area contributed by atoms with Crippen molar-refractivity contribution in [2.24, 2.45) is 0 Å². The van der Waals surface area contributed by atoms with Crippen molar-refractivity contribution in [2.75, 3.05) is 6.61 Å². The first-order chi connectivity index (χ1) is 14.4. The Bertz CT molecular complexity index is 894. The van der Waals surface area contributed by atoms with Crippen molar-refractivity contribution in [3.8, 4) is 0 Å². The van der Waals surface area contributed by atoms with Crippen molar-refractivity contribution >= 4 is 5.91 Å². The van der Waals surface area contributed by atoms with Crippen molar-refractivity contribution in [3.63, 3.8) is 0 Å². The van der Waals surface area contributed by atoms with Crippen molar-refractivity contribution in [1.29, 1.82) is 0 Å². The second-order valence-corrected chi connectivity index (χ2v) is 7.64. The van der Waals surface area contributed by atoms with Gasteiger partial charge in [0.05, 0.1) is 29.4 Å². The van der Waals surface area contributed by atoms with Crippen LogP contribution in [0, 0.1) is 0 Å². The van der Waals surface area contributed by atoms with Crippen LogP contribution in [0.25, 0.3) is 0 Å². The molecule has 2 aromatic carbocycles. The third-order valence-corrected chi connectivity index (χ3v) is 5.37. The molecular formula is C22H21F6NO2. The SMILES string of the molecule is C[C@@H](OC[C@@]1(c2ccccc2)CCCC(=O)N1)c1cc(C(F)(F)F)cc(C(F)(F)F)c1. The van der Waals surface area contributed by atoms with E-state index in [0.29, 0.717) is 31.4 Å². The summed E-state index contributed by atoms with van der Waals surface area (Å²) in [6.45, 7) is 1.29. The lowest BCUT2D eigenvalue weighted by Gasteiger charge is -2.39. The number of piperidine rings is 1. The van der Waals surface area contributed by atoms with Crippen molar-refractivity contribution < 1.29 is 35.9 Å². The highest BCUT2D eigenvalue weighted by atomic mass is 19.4. The van der Waals surface area contributed by atoms with Crippen LogP contribution < -0.4 is 5.32 Å². The number of rotatable bonds is 5. The average molecular weight is 445 g/mol. The largest absolute Gasteiger partial charge is 0.416 e. The van der Waals surface area contributed by atoms with Crippen LogP contribution in [0.4, 0.5) is 26.3 Å². The Kier molecular flexibility index (Phi) is 6.36. The molecule has 1 amide bonds. The summed E-state index contributed by atoms with van der Waals surface area (Å²) in [5, 5.41) is 2.90. The topological polar surface area (TPSA) is 38.3 Å². The zero-order valence-electron chi connectivity index (χ0n) is 16.6. The zero-order valence-corrected chi connectivity index (χ0v) is 16.6. The van der Waals surface area contributed by atoms with Gasteiger partial charge in [0.2, 0.25) is 5.91 Å². The number of carbonyl (C=O) groups is 1. The number of hydrogen-bond donors (Lipinski definition) is 1. The van der Waals surface area contributed by atoms with E-state index in [1.54, 1.807) is 30.3 Å². The highest BCUT2D eigenvalue weighted by Gasteiger charge is 2.39. The van der Waals surface area contributed by atoms with Crippen LogP contribution in [0.15, 0.2) is 48.5 Å². The second-order valence-electron chi connectivity index (χ2n) is 7.64. The van der Waals surface area contributed by atoms with Gasteiger partial charge in [-0.25, -0.2) is 0 Å². The van der Waals surface area contributed by atoms with E-state index in [2.05, 4.69) is 5.32 Å². The summed E-state index contributed by atoms with van der Waals surface area (Å²) < 4.78 is 84.6. The second kappa shape index (κ2) is 8.53. The van der Waals surface area contributed by atoms with E-state index >= 15 is 0 Å². The molecule has 1 aliphatic heterocycles. The van der Waals surface area contributed by atoms with Crippen LogP contribution >= 0.6 is 0 Å². The molecule has 0 radical (unpaired) electrons. The van der Waals surface area contributed by atoms with Crippen LogP contribution in [0.1, 0.15) is 54.5 Å². The maximum atomic E-state index is 13.1. The number of alkyl halides is 6. The number of carbonyl (C=O) groups excluding carboxylic acids is 1. The summed E-state index contributed by atoms with van der Waals surface area (Å²) in [5.74, 6) is -0.190. The van der Waals surface area contributed by atoms with Gasteiger partial charge >= 0.3 is 12.4 Å². The third kappa shape index (κ3) is 5.39. The Morgan fingerprint density at radius 2 is 1.58 bits per heavy atom. The van der Waals surface area contributed by atoms with Gasteiger partial charge in [0.1, 0.15) is 0 Å². The van der Waals surface area contributed by atoms with E-state index in [-0.39, 0.29) is 24.1 Å². The molecule has 31 heavy (non-hydrogen) atoms. The molecular weight excluding hydrogens is 424 g/mol. The molecule has 2 atom stereocenters. The first-order valence-corrected chi connectivity index (χ1v) is 9.68. The summed E-state index contributed by atoms with van der Waals surface area (Å²) in [6.07, 6.45) is -9.47. The molecule has 2 aromatic rings. The van der Waals surface area contributed by atoms with E-state index in [1.165, 1.54) is 6.92 Å². The molecule has 0 spiro atoms. The fourth-order valence-electron chi connectivity index (χ4n) is 3.69. The summed E-state index contributed by atoms with van der Waals surface area (Å²) in [7, 11) is 0. The molecule has 1 heterocycles. The first-order valence-electron chi connectivity index (χ1n) is 9.68. The van der Waals surface area contributed by atoms with Gasteiger partial charge in [-0.15, -0.1) is 0 Å². The van der Waals surface area contributed by atoms with Gasteiger partial charge in [-0.3, -0.25) is 4.79 Å². The van der Waals surface area contributed by atoms with E-state index in [1.807, 2.05) is 0 Å². The van der Waals surface area contributed by atoms with Gasteiger partial charge in [0, 0.05) is 6.42 Å². The van der Waals surface area contributed by atoms with E-state index < -0.39 is 35.1 Å². The highest BCUT2D eigenvalue weighted by Crippen LogP contribution is 2.39. The Morgan fingerprint density at radius 1 is 1.00 bits per heavy atom. The fourth-order valence-corrected chi connectivity index (χ4v) is 3.69. The molecule has 0 saturated carbocycles. The predicted molar refractivity (Wildman–Crippen MR) is 101 cm³/mol. The van der Waals surface area contributed by atoms with Gasteiger partial charge in [-0.1, -0.05) is 30.3 Å². The Morgan fingerprint density at radius 3 is 2.10 bits per heavy atom. The quantitative estimate of drug-likeness (QED) is 0.574. The Balaban J connectivity index is 1.89. The molecule has 3 nitrogen and oxygen atoms in total. The lowest BCUT2D eigenvalue weighted by molar-refractivity contribution is -0.143. The average Bonchev–Trinajstić information content (AvgIpc) is 2.71. The summed E-state index contributed by atoms with van der Waals surface area (Å²) in [4.78, 5) is 12.1. The maximum Gasteiger partial charge on any atom is 0.416 e. The summed E-state index contributed by atoms with van der Waals surface area (Å²) in [6, 6.07) is 10.4. The number of benzene rings is 2. The molecule has 1 saturated heterocycles. The van der Waals surface area contributed by atoms with Gasteiger partial charge < -0.3 is 10.1 Å². The minimum Gasteiger partial charge on any atom is -0.371 e. The lowest BCUT2D eigenvalue weighted by Crippen LogP contribution is -2.52. The van der Waals surface area contributed by atoms with Gasteiger partial charge in [-0.05, 0) is 49.1 Å². The molecule has 9 heteroatoms. The smallest absolute Gasteiger partial charge is 0.371 e. The van der Waals surface area contributed by atoms with Gasteiger partial charge in [0.25, 0.3) is 0 Å². The molecule has 0 aliphatic carbocycles. The van der Waals surface area contributed by atoms with Crippen LogP contribution in [0.2, 0.25) is 0 Å². The number of hydrogen-bond acceptors (Lipinski definition) is 2. The number of halogens is 6. The van der Waals surface area contributed by atoms with Crippen molar-refractivity contribution in [2.45, 2.75) is 50.2 Å². The van der Waals surface area contributed by atoms with Crippen molar-refractivity contribution in [1.82, 2.24) is 5.32 Å². The summed E-state index contributed by atoms with van der Waals surface area (Å²) in [5.41, 5.74) is -3.17. The molecule has 3 rings (SSSR count). The maximum absolute atomic E-state index is 13.1. The molecule has 1 aliphatic rings. The van der Waals surface area contributed by atoms with Crippen LogP contribution in [0.3, 0.4) is 0 Å². The lowest BCUT2D eigenvalue weighted by atomic mass is 9.82. The molecule has 1 N–H and O–H groups in total. The normalized spacial score (nSPS) is 20.9. The van der Waals surface area contributed by atoms with E-state index in [9.17, 15) is 31.1 Å². The predicted octanol–water partition coefficient (Wildman–Crippen LogP) is 6.00. The van der Waals surface area contributed by atoms with E-state index in [0.717, 1.165) is 5.56 Å². The Hall–Kier alpha value is -2.55. The third-order valence-electron chi connectivity index (χ3n) is 5.37. The van der Waals surface area contributed by atoms with Crippen molar-refractivity contribution in [3.05, 3.63) is 70.8 Å². The van der Waals surface area contributed by atoms with E-state index in [4.69, 9.17) is 4.74 Å². The summed E-state index contributed by atoms with van der Waals surface area (Å²) >= 11 is 0. The standard InChI is InChI=1S/C22H21F6NO2/c1-14(15-10-17(21(23,24)25)12-18(11-15)22(26,27)28)31-13-20(9-5-8-19(30)29-20)16-6-3-2-4-7-16/h2-4,6-7,10-12,14H,5,8-9,13H2,1H3,(H,29,30)/t14-,20-/m1/s1. The number of amides is 1. The zero-order chi connectivity index (χ0) is 22.9. The minimum atomic E-state index is -4.93. The van der Waals surface area contributed by atoms with Crippen LogP contribution in [-0.4, -0.2) is 12.5 Å². The monoisotopic (exact) mass is 445 g/mol. The number of ether oxygens (including phenoxy) is 1. The first kappa shape index (κ1) is 23.1. The molecule has 0 bridgehead atoms. The molecule has 0 aromatic heterocycles. The highest BCUT2D eigenvalue weighted by molar-refractivity contribution is 5.78. The Labute approximate surface area is 175 Å². The van der Waals surface area contributed by atoms with Crippen LogP contribution in [-0.2, 0) is 27.4 Å². The number of nitrogens with one attached hydrogen (secondary N) is 1. The fraction of sp³-hybridized carbons (Fsp3) is 0.409. The molecule has 1 fully saturated rings. The minimum absolute atomic E-state index is 0.0863.